The summed E-state index contributed by atoms with van der Waals surface area (Å²) in [5, 5.41) is 4.94. The molecule has 0 unspecified atom stereocenters. The van der Waals surface area contributed by atoms with Gasteiger partial charge in [0.15, 0.2) is 0 Å². The minimum atomic E-state index is -0.560. The van der Waals surface area contributed by atoms with Gasteiger partial charge in [-0.1, -0.05) is 175 Å². The fraction of sp³-hybridized carbons (Fsp3) is 0.0769. The topological polar surface area (TPSA) is 6.48 Å². The van der Waals surface area contributed by atoms with E-state index >= 15 is 0 Å². The Labute approximate surface area is 318 Å². The van der Waals surface area contributed by atoms with Crippen molar-refractivity contribution in [3.05, 3.63) is 235 Å². The fourth-order valence-electron chi connectivity index (χ4n) is 8.16. The molecule has 8 aromatic carbocycles. The lowest BCUT2D eigenvalue weighted by atomic mass is 9.79. The molecule has 0 N–H and O–H groups in total. The number of anilines is 5. The summed E-state index contributed by atoms with van der Waals surface area (Å²) in [5.41, 5.74) is 10.2. The summed E-state index contributed by atoms with van der Waals surface area (Å²) in [6.45, 7) is 4.32. The Morgan fingerprint density at radius 1 is 0.426 bits per heavy atom. The number of nitrogens with zero attached hydrogens (tertiary/aromatic N) is 2. The zero-order valence-corrected chi connectivity index (χ0v) is 30.7. The summed E-state index contributed by atoms with van der Waals surface area (Å²) in [4.78, 5) is 4.88. The lowest BCUT2D eigenvalue weighted by Crippen LogP contribution is -2.41. The van der Waals surface area contributed by atoms with E-state index in [2.05, 4.69) is 236 Å². The Bertz CT molecular complexity index is 2610. The molecule has 0 fully saturated rings. The van der Waals surface area contributed by atoms with Gasteiger partial charge in [-0.05, 0) is 84.3 Å². The highest BCUT2D eigenvalue weighted by molar-refractivity contribution is 5.99. The van der Waals surface area contributed by atoms with Crippen LogP contribution in [0, 0.1) is 13.8 Å². The van der Waals surface area contributed by atoms with Gasteiger partial charge < -0.3 is 9.80 Å². The molecule has 0 saturated heterocycles. The second-order valence-electron chi connectivity index (χ2n) is 14.4. The first-order chi connectivity index (χ1) is 26.6. The number of hydrogen-bond acceptors (Lipinski definition) is 2. The average molecular weight is 695 g/mol. The molecule has 0 aromatic heterocycles. The molecule has 0 atom stereocenters. The van der Waals surface area contributed by atoms with Crippen LogP contribution >= 0.6 is 0 Å². The van der Waals surface area contributed by atoms with Gasteiger partial charge in [-0.2, -0.15) is 0 Å². The maximum absolute atomic E-state index is 2.51. The molecule has 8 aromatic rings. The van der Waals surface area contributed by atoms with E-state index in [4.69, 9.17) is 0 Å². The predicted octanol–water partition coefficient (Wildman–Crippen LogP) is 14.0. The second-order valence-corrected chi connectivity index (χ2v) is 14.4. The van der Waals surface area contributed by atoms with Gasteiger partial charge in [0, 0.05) is 33.8 Å². The maximum atomic E-state index is 2.51. The Morgan fingerprint density at radius 2 is 0.926 bits per heavy atom. The van der Waals surface area contributed by atoms with Crippen LogP contribution in [0.3, 0.4) is 0 Å². The van der Waals surface area contributed by atoms with Gasteiger partial charge in [0.05, 0.1) is 11.4 Å². The molecule has 1 aliphatic rings. The Kier molecular flexibility index (Phi) is 8.65. The molecule has 0 heterocycles. The van der Waals surface area contributed by atoms with E-state index in [1.54, 1.807) is 0 Å². The molecule has 1 aliphatic carbocycles. The van der Waals surface area contributed by atoms with Crippen molar-refractivity contribution in [3.8, 4) is 0 Å². The zero-order valence-electron chi connectivity index (χ0n) is 30.7. The van der Waals surface area contributed by atoms with Gasteiger partial charge in [-0.25, -0.2) is 0 Å². The lowest BCUT2D eigenvalue weighted by molar-refractivity contribution is 0.663. The third-order valence-electron chi connectivity index (χ3n) is 10.8. The van der Waals surface area contributed by atoms with Crippen molar-refractivity contribution >= 4 is 50.0 Å². The molecule has 0 radical (unpaired) electrons. The summed E-state index contributed by atoms with van der Waals surface area (Å²) in [6.07, 6.45) is 9.59. The van der Waals surface area contributed by atoms with Gasteiger partial charge in [0.25, 0.3) is 0 Å². The molecular formula is C52H42N2. The van der Waals surface area contributed by atoms with Gasteiger partial charge in [0.1, 0.15) is 5.54 Å². The second kappa shape index (κ2) is 14.1. The summed E-state index contributed by atoms with van der Waals surface area (Å²) < 4.78 is 0. The average Bonchev–Trinajstić information content (AvgIpc) is 3.22. The quantitative estimate of drug-likeness (QED) is 0.146. The lowest BCUT2D eigenvalue weighted by Gasteiger charge is -2.44. The molecule has 260 valence electrons. The third-order valence-corrected chi connectivity index (χ3v) is 10.8. The first-order valence-electron chi connectivity index (χ1n) is 18.8. The van der Waals surface area contributed by atoms with Crippen LogP contribution < -0.4 is 9.80 Å². The number of aryl methyl sites for hydroxylation is 2. The van der Waals surface area contributed by atoms with E-state index in [0.29, 0.717) is 0 Å². The number of rotatable bonds is 8. The van der Waals surface area contributed by atoms with Gasteiger partial charge >= 0.3 is 0 Å². The monoisotopic (exact) mass is 694 g/mol. The molecule has 0 amide bonds. The number of allylic oxidation sites excluding steroid dienone is 2. The van der Waals surface area contributed by atoms with Crippen LogP contribution in [0.15, 0.2) is 212 Å². The van der Waals surface area contributed by atoms with Crippen LogP contribution in [-0.4, -0.2) is 0 Å². The maximum Gasteiger partial charge on any atom is 0.107 e. The molecular weight excluding hydrogens is 653 g/mol. The molecule has 2 nitrogen and oxygen atoms in total. The molecule has 0 saturated carbocycles. The Morgan fingerprint density at radius 3 is 1.52 bits per heavy atom. The smallest absolute Gasteiger partial charge is 0.107 e. The van der Waals surface area contributed by atoms with Gasteiger partial charge in [-0.15, -0.1) is 0 Å². The van der Waals surface area contributed by atoms with E-state index in [-0.39, 0.29) is 5.92 Å². The van der Waals surface area contributed by atoms with Crippen LogP contribution in [0.5, 0.6) is 0 Å². The van der Waals surface area contributed by atoms with Crippen molar-refractivity contribution in [1.82, 2.24) is 0 Å². The van der Waals surface area contributed by atoms with Gasteiger partial charge in [0.2, 0.25) is 0 Å². The van der Waals surface area contributed by atoms with E-state index in [1.807, 2.05) is 0 Å². The van der Waals surface area contributed by atoms with Crippen LogP contribution in [0.4, 0.5) is 28.4 Å². The summed E-state index contributed by atoms with van der Waals surface area (Å²) >= 11 is 0. The standard InChI is InChI=1S/C52H42N2/c1-38-24-30-48-42(36-38)14-12-22-50(48)53(45-18-8-4-9-19-45)46-28-26-40(27-29-46)41-32-34-52(35-33-41,44-16-6-3-7-17-44)54(47-20-10-5-11-21-47)51-23-13-15-43-37-39(2)25-31-49(43)51/h3-37,41H,1-2H3. The molecule has 0 aliphatic heterocycles. The SMILES string of the molecule is Cc1ccc2c(N(c3ccccc3)c3ccc(C4C=CC(c5ccccc5)(N(c5ccccc5)c5cccc6cc(C)ccc56)C=C4)cc3)cccc2c1. The number of hydrogen-bond donors (Lipinski definition) is 0. The first kappa shape index (κ1) is 33.2. The van der Waals surface area contributed by atoms with Gasteiger partial charge in [-0.3, -0.25) is 0 Å². The molecule has 0 spiro atoms. The van der Waals surface area contributed by atoms with Crippen molar-refractivity contribution in [1.29, 1.82) is 0 Å². The van der Waals surface area contributed by atoms with E-state index in [1.165, 1.54) is 55.2 Å². The highest BCUT2D eigenvalue weighted by Gasteiger charge is 2.38. The number of benzene rings is 8. The van der Waals surface area contributed by atoms with Crippen molar-refractivity contribution in [2.75, 3.05) is 9.80 Å². The van der Waals surface area contributed by atoms with Crippen LogP contribution in [0.2, 0.25) is 0 Å². The molecule has 54 heavy (non-hydrogen) atoms. The van der Waals surface area contributed by atoms with Crippen LogP contribution in [-0.2, 0) is 5.54 Å². The number of fused-ring (bicyclic) bond motifs is 2. The molecule has 9 rings (SSSR count). The van der Waals surface area contributed by atoms with E-state index < -0.39 is 5.54 Å². The highest BCUT2D eigenvalue weighted by Crippen LogP contribution is 2.47. The fourth-order valence-corrected chi connectivity index (χ4v) is 8.16. The molecule has 2 heteroatoms. The number of para-hydroxylation sites is 2. The van der Waals surface area contributed by atoms with Crippen molar-refractivity contribution in [2.24, 2.45) is 0 Å². The van der Waals surface area contributed by atoms with Crippen molar-refractivity contribution in [2.45, 2.75) is 25.3 Å². The van der Waals surface area contributed by atoms with E-state index in [9.17, 15) is 0 Å². The minimum Gasteiger partial charge on any atom is -0.324 e. The Balaban J connectivity index is 1.13. The van der Waals surface area contributed by atoms with E-state index in [0.717, 1.165) is 17.1 Å². The predicted molar refractivity (Wildman–Crippen MR) is 230 cm³/mol. The highest BCUT2D eigenvalue weighted by atomic mass is 15.2. The third kappa shape index (κ3) is 6.06. The Hall–Kier alpha value is -6.64. The largest absolute Gasteiger partial charge is 0.324 e. The summed E-state index contributed by atoms with van der Waals surface area (Å²) in [7, 11) is 0. The van der Waals surface area contributed by atoms with Crippen LogP contribution in [0.1, 0.15) is 28.2 Å². The molecule has 0 bridgehead atoms. The first-order valence-corrected chi connectivity index (χ1v) is 18.8. The van der Waals surface area contributed by atoms with Crippen LogP contribution in [0.25, 0.3) is 21.5 Å². The van der Waals surface area contributed by atoms with Crippen molar-refractivity contribution < 1.29 is 0 Å². The van der Waals surface area contributed by atoms with Crippen molar-refractivity contribution in [3.63, 3.8) is 0 Å². The minimum absolute atomic E-state index is 0.120. The zero-order chi connectivity index (χ0) is 36.5. The normalized spacial score (nSPS) is 16.4. The summed E-state index contributed by atoms with van der Waals surface area (Å²) in [5.74, 6) is 0.120. The summed E-state index contributed by atoms with van der Waals surface area (Å²) in [6, 6.07) is 68.2.